The van der Waals surface area contributed by atoms with E-state index >= 15 is 0 Å². The number of anilines is 2. The zero-order valence-electron chi connectivity index (χ0n) is 14.5. The van der Waals surface area contributed by atoms with E-state index in [1.165, 1.54) is 19.2 Å². The van der Waals surface area contributed by atoms with Crippen LogP contribution in [0.4, 0.5) is 11.4 Å². The van der Waals surface area contributed by atoms with Crippen LogP contribution in [0.2, 0.25) is 0 Å². The van der Waals surface area contributed by atoms with Gasteiger partial charge >= 0.3 is 5.97 Å². The Hall–Kier alpha value is -2.56. The highest BCUT2D eigenvalue weighted by Gasteiger charge is 2.44. The van der Waals surface area contributed by atoms with E-state index in [1.807, 2.05) is 0 Å². The quantitative estimate of drug-likeness (QED) is 0.806. The number of nitrogens with zero attached hydrogens (tertiary/aromatic N) is 3. The molecule has 2 aliphatic rings. The van der Waals surface area contributed by atoms with Gasteiger partial charge in [0, 0.05) is 43.5 Å². The molecule has 5 heteroatoms. The molecule has 25 heavy (non-hydrogen) atoms. The van der Waals surface area contributed by atoms with Crippen molar-refractivity contribution >= 4 is 17.3 Å². The fraction of sp³-hybridized carbons (Fsp3) is 0.400. The molecule has 130 valence electrons. The van der Waals surface area contributed by atoms with Crippen LogP contribution in [-0.2, 0) is 4.74 Å². The number of esters is 1. The van der Waals surface area contributed by atoms with Crippen molar-refractivity contribution in [3.8, 4) is 0 Å². The summed E-state index contributed by atoms with van der Waals surface area (Å²) in [6.45, 7) is 4.08. The summed E-state index contributed by atoms with van der Waals surface area (Å²) in [5.74, 6) is -0.296. The fourth-order valence-corrected chi connectivity index (χ4v) is 4.19. The number of hydrogen-bond acceptors (Lipinski definition) is 5. The van der Waals surface area contributed by atoms with Crippen LogP contribution in [0.1, 0.15) is 23.2 Å². The number of para-hydroxylation sites is 1. The maximum absolute atomic E-state index is 12.1. The molecule has 1 aromatic heterocycles. The van der Waals surface area contributed by atoms with Crippen LogP contribution >= 0.6 is 0 Å². The second-order valence-electron chi connectivity index (χ2n) is 7.06. The third-order valence-corrected chi connectivity index (χ3v) is 5.54. The molecular weight excluding hydrogens is 314 g/mol. The summed E-state index contributed by atoms with van der Waals surface area (Å²) < 4.78 is 4.93. The molecule has 2 aromatic rings. The Bertz CT molecular complexity index is 765. The second-order valence-corrected chi connectivity index (χ2v) is 7.06. The van der Waals surface area contributed by atoms with Gasteiger partial charge in [0.2, 0.25) is 0 Å². The van der Waals surface area contributed by atoms with E-state index in [4.69, 9.17) is 4.74 Å². The highest BCUT2D eigenvalue weighted by molar-refractivity contribution is 5.95. The lowest BCUT2D eigenvalue weighted by molar-refractivity contribution is 0.0601. The summed E-state index contributed by atoms with van der Waals surface area (Å²) in [7, 11) is 1.42. The Labute approximate surface area is 148 Å². The molecule has 1 atom stereocenters. The van der Waals surface area contributed by atoms with Crippen LogP contribution < -0.4 is 9.80 Å². The molecule has 2 aliphatic heterocycles. The topological polar surface area (TPSA) is 45.7 Å². The second kappa shape index (κ2) is 6.39. The first-order valence-corrected chi connectivity index (χ1v) is 8.78. The van der Waals surface area contributed by atoms with E-state index in [0.717, 1.165) is 38.3 Å². The molecule has 1 spiro atoms. The summed E-state index contributed by atoms with van der Waals surface area (Å²) in [4.78, 5) is 21.1. The van der Waals surface area contributed by atoms with Gasteiger partial charge in [-0.25, -0.2) is 4.79 Å². The van der Waals surface area contributed by atoms with Crippen LogP contribution in [0.15, 0.2) is 48.8 Å². The van der Waals surface area contributed by atoms with Gasteiger partial charge in [0.1, 0.15) is 0 Å². The standard InChI is InChI=1S/C20H23N3O2/c1-25-19(24)17-7-10-21-13-18(17)23-12-9-20(15-23)8-11-22(14-20)16-5-3-2-4-6-16/h2-7,10,13H,8-9,11-12,14-15H2,1H3. The number of pyridine rings is 1. The number of carbonyl (C=O) groups is 1. The Kier molecular flexibility index (Phi) is 4.07. The first-order valence-electron chi connectivity index (χ1n) is 8.78. The first kappa shape index (κ1) is 15.9. The molecule has 1 unspecified atom stereocenters. The van der Waals surface area contributed by atoms with Crippen LogP contribution in [0, 0.1) is 5.41 Å². The average molecular weight is 337 g/mol. The summed E-state index contributed by atoms with van der Waals surface area (Å²) in [5.41, 5.74) is 3.09. The van der Waals surface area contributed by atoms with E-state index in [9.17, 15) is 4.79 Å². The number of rotatable bonds is 3. The maximum Gasteiger partial charge on any atom is 0.340 e. The maximum atomic E-state index is 12.1. The van der Waals surface area contributed by atoms with Gasteiger partial charge < -0.3 is 14.5 Å². The zero-order chi connectivity index (χ0) is 17.3. The van der Waals surface area contributed by atoms with Crippen LogP contribution in [0.3, 0.4) is 0 Å². The predicted molar refractivity (Wildman–Crippen MR) is 98.1 cm³/mol. The van der Waals surface area contributed by atoms with Gasteiger partial charge in [-0.1, -0.05) is 18.2 Å². The fourth-order valence-electron chi connectivity index (χ4n) is 4.19. The lowest BCUT2D eigenvalue weighted by Crippen LogP contribution is -2.31. The molecule has 2 fully saturated rings. The Morgan fingerprint density at radius 3 is 2.56 bits per heavy atom. The van der Waals surface area contributed by atoms with Gasteiger partial charge in [-0.15, -0.1) is 0 Å². The summed E-state index contributed by atoms with van der Waals surface area (Å²) >= 11 is 0. The highest BCUT2D eigenvalue weighted by Crippen LogP contribution is 2.42. The Balaban J connectivity index is 1.52. The molecule has 0 radical (unpaired) electrons. The van der Waals surface area contributed by atoms with E-state index in [0.29, 0.717) is 11.0 Å². The molecule has 0 saturated carbocycles. The van der Waals surface area contributed by atoms with Gasteiger partial charge in [0.05, 0.1) is 24.6 Å². The number of carbonyl (C=O) groups excluding carboxylic acids is 1. The smallest absolute Gasteiger partial charge is 0.340 e. The van der Waals surface area contributed by atoms with Gasteiger partial charge in [-0.3, -0.25) is 4.98 Å². The predicted octanol–water partition coefficient (Wildman–Crippen LogP) is 2.98. The number of hydrogen-bond donors (Lipinski definition) is 0. The van der Waals surface area contributed by atoms with Gasteiger partial charge in [-0.2, -0.15) is 0 Å². The van der Waals surface area contributed by atoms with Gasteiger partial charge in [0.25, 0.3) is 0 Å². The van der Waals surface area contributed by atoms with Crippen molar-refractivity contribution < 1.29 is 9.53 Å². The SMILES string of the molecule is COC(=O)c1ccncc1N1CCC2(CCN(c3ccccc3)C2)C1. The van der Waals surface area contributed by atoms with Crippen molar-refractivity contribution in [3.63, 3.8) is 0 Å². The molecule has 0 bridgehead atoms. The molecule has 2 saturated heterocycles. The van der Waals surface area contributed by atoms with Crippen molar-refractivity contribution in [1.29, 1.82) is 0 Å². The minimum Gasteiger partial charge on any atom is -0.465 e. The van der Waals surface area contributed by atoms with E-state index < -0.39 is 0 Å². The number of methoxy groups -OCH3 is 1. The molecule has 0 N–H and O–H groups in total. The molecule has 0 amide bonds. The lowest BCUT2D eigenvalue weighted by atomic mass is 9.86. The van der Waals surface area contributed by atoms with Crippen molar-refractivity contribution in [2.24, 2.45) is 5.41 Å². The van der Waals surface area contributed by atoms with Crippen molar-refractivity contribution in [2.45, 2.75) is 12.8 Å². The molecule has 0 aliphatic carbocycles. The summed E-state index contributed by atoms with van der Waals surface area (Å²) in [6, 6.07) is 12.4. The minimum absolute atomic E-state index is 0.291. The number of benzene rings is 1. The lowest BCUT2D eigenvalue weighted by Gasteiger charge is -2.26. The Morgan fingerprint density at radius 2 is 1.80 bits per heavy atom. The van der Waals surface area contributed by atoms with E-state index in [-0.39, 0.29) is 5.97 Å². The van der Waals surface area contributed by atoms with Crippen LogP contribution in [-0.4, -0.2) is 44.2 Å². The summed E-state index contributed by atoms with van der Waals surface area (Å²) in [5, 5.41) is 0. The molecule has 3 heterocycles. The van der Waals surface area contributed by atoms with Crippen LogP contribution in [0.25, 0.3) is 0 Å². The molecular formula is C20H23N3O2. The third-order valence-electron chi connectivity index (χ3n) is 5.54. The number of ether oxygens (including phenoxy) is 1. The van der Waals surface area contributed by atoms with Crippen molar-refractivity contribution in [3.05, 3.63) is 54.4 Å². The van der Waals surface area contributed by atoms with E-state index in [1.54, 1.807) is 18.5 Å². The monoisotopic (exact) mass is 337 g/mol. The molecule has 1 aromatic carbocycles. The number of aromatic nitrogens is 1. The summed E-state index contributed by atoms with van der Waals surface area (Å²) in [6.07, 6.45) is 5.77. The first-order chi connectivity index (χ1) is 12.2. The normalized spacial score (nSPS) is 22.6. The molecule has 4 rings (SSSR count). The average Bonchev–Trinajstić information content (AvgIpc) is 3.29. The third kappa shape index (κ3) is 2.95. The highest BCUT2D eigenvalue weighted by atomic mass is 16.5. The largest absolute Gasteiger partial charge is 0.465 e. The van der Waals surface area contributed by atoms with E-state index in [2.05, 4.69) is 45.1 Å². The molecule has 5 nitrogen and oxygen atoms in total. The van der Waals surface area contributed by atoms with Gasteiger partial charge in [-0.05, 0) is 31.0 Å². The Morgan fingerprint density at radius 1 is 1.08 bits per heavy atom. The van der Waals surface area contributed by atoms with Crippen molar-refractivity contribution in [2.75, 3.05) is 43.1 Å². The zero-order valence-corrected chi connectivity index (χ0v) is 14.5. The van der Waals surface area contributed by atoms with Gasteiger partial charge in [0.15, 0.2) is 0 Å². The van der Waals surface area contributed by atoms with Crippen LogP contribution in [0.5, 0.6) is 0 Å². The van der Waals surface area contributed by atoms with Crippen molar-refractivity contribution in [1.82, 2.24) is 4.98 Å². The minimum atomic E-state index is -0.296.